The van der Waals surface area contributed by atoms with Crippen LogP contribution in [0, 0.1) is 39.4 Å². The van der Waals surface area contributed by atoms with Gasteiger partial charge in [-0.2, -0.15) is 0 Å². The number of nitrogens with two attached hydrogens (primary N) is 1. The fourth-order valence-electron chi connectivity index (χ4n) is 8.63. The lowest BCUT2D eigenvalue weighted by Crippen LogP contribution is -2.48. The van der Waals surface area contributed by atoms with Gasteiger partial charge in [0.05, 0.1) is 18.4 Å². The molecule has 3 aliphatic carbocycles. The number of fused-ring (bicyclic) bond motifs is 1. The summed E-state index contributed by atoms with van der Waals surface area (Å²) >= 11 is 0. The Morgan fingerprint density at radius 1 is 0.927 bits per heavy atom. The highest BCUT2D eigenvalue weighted by molar-refractivity contribution is 6.36. The average molecular weight is 573 g/mol. The van der Waals surface area contributed by atoms with Crippen molar-refractivity contribution in [3.8, 4) is 0 Å². The van der Waals surface area contributed by atoms with E-state index in [1.54, 1.807) is 25.7 Å². The third-order valence-corrected chi connectivity index (χ3v) is 11.5. The van der Waals surface area contributed by atoms with E-state index in [9.17, 15) is 24.0 Å². The molecule has 0 bridgehead atoms. The second kappa shape index (κ2) is 10.5. The molecule has 1 heterocycles. The maximum Gasteiger partial charge on any atom is 0.307 e. The predicted octanol–water partition coefficient (Wildman–Crippen LogP) is 5.00. The van der Waals surface area contributed by atoms with Gasteiger partial charge in [0.2, 0.25) is 11.7 Å². The minimum atomic E-state index is -1.00. The molecule has 0 aromatic rings. The maximum atomic E-state index is 14.4. The van der Waals surface area contributed by atoms with Gasteiger partial charge in [-0.25, -0.2) is 0 Å². The molecule has 0 radical (unpaired) electrons. The fraction of sp³-hybridized carbons (Fsp3) is 0.848. The Balaban J connectivity index is 1.63. The van der Waals surface area contributed by atoms with Crippen LogP contribution in [0.5, 0.6) is 0 Å². The first-order valence-electron chi connectivity index (χ1n) is 15.6. The molecule has 1 unspecified atom stereocenters. The Morgan fingerprint density at radius 3 is 1.95 bits per heavy atom. The summed E-state index contributed by atoms with van der Waals surface area (Å²) in [4.78, 5) is 67.9. The van der Waals surface area contributed by atoms with E-state index in [4.69, 9.17) is 10.5 Å². The molecule has 2 N–H and O–H groups in total. The third-order valence-electron chi connectivity index (χ3n) is 11.5. The van der Waals surface area contributed by atoms with E-state index in [2.05, 4.69) is 13.8 Å². The molecular formula is C33H52N2O6. The maximum absolute atomic E-state index is 14.4. The van der Waals surface area contributed by atoms with Gasteiger partial charge in [-0.1, -0.05) is 60.3 Å². The number of ketones is 2. The summed E-state index contributed by atoms with van der Waals surface area (Å²) in [5.74, 6) is -3.58. The molecule has 2 amide bonds. The number of Topliss-reactive ketones (excluding diaryl/α,β-unsaturated/α-hetero) is 2. The van der Waals surface area contributed by atoms with Crippen molar-refractivity contribution >= 4 is 29.4 Å². The molecule has 230 valence electrons. The SMILES string of the molecule is CC(C)(C)OC(=O)C[C@H](C(=O)N1C[C@]2(C[C@H]1C(=O)CC(CC1CCC1)C(=O)C(N)=O)C(C)(C)C21CCC1)C(C)(C)C. The summed E-state index contributed by atoms with van der Waals surface area (Å²) in [6.07, 6.45) is 7.30. The molecule has 4 aliphatic rings. The summed E-state index contributed by atoms with van der Waals surface area (Å²) in [6, 6.07) is -0.685. The average Bonchev–Trinajstić information content (AvgIpc) is 3.01. The number of esters is 1. The Kier molecular flexibility index (Phi) is 8.10. The molecule has 41 heavy (non-hydrogen) atoms. The first-order chi connectivity index (χ1) is 18.8. The smallest absolute Gasteiger partial charge is 0.307 e. The molecule has 4 rings (SSSR count). The van der Waals surface area contributed by atoms with Crippen molar-refractivity contribution in [2.75, 3.05) is 6.54 Å². The predicted molar refractivity (Wildman–Crippen MR) is 155 cm³/mol. The molecule has 4 atom stereocenters. The van der Waals surface area contributed by atoms with E-state index >= 15 is 0 Å². The molecule has 1 saturated heterocycles. The van der Waals surface area contributed by atoms with Crippen LogP contribution in [-0.4, -0.2) is 52.4 Å². The number of amides is 2. The van der Waals surface area contributed by atoms with Gasteiger partial charge in [0.1, 0.15) is 5.60 Å². The number of carbonyl (C=O) groups is 5. The number of carbonyl (C=O) groups excluding carboxylic acids is 5. The minimum Gasteiger partial charge on any atom is -0.460 e. The molecule has 1 aliphatic heterocycles. The Bertz CT molecular complexity index is 1100. The number of ether oxygens (including phenoxy) is 1. The van der Waals surface area contributed by atoms with Crippen molar-refractivity contribution in [3.05, 3.63) is 0 Å². The lowest BCUT2D eigenvalue weighted by molar-refractivity contribution is -0.161. The molecule has 3 saturated carbocycles. The van der Waals surface area contributed by atoms with Gasteiger partial charge in [-0.15, -0.1) is 0 Å². The van der Waals surface area contributed by atoms with Crippen LogP contribution in [0.1, 0.15) is 120 Å². The van der Waals surface area contributed by atoms with Crippen molar-refractivity contribution in [3.63, 3.8) is 0 Å². The standard InChI is InChI=1S/C33H52N2O6/c1-29(2,3)22(17-25(37)41-30(4,5)6)28(40)35-19-33(31(7,8)32(33)13-10-14-32)18-23(35)24(36)16-21(26(38)27(34)39)15-20-11-9-12-20/h20-23H,9-19H2,1-8H3,(H2,34,39)/t21?,22-,23+,33-/m1/s1. The molecular weight excluding hydrogens is 520 g/mol. The van der Waals surface area contributed by atoms with E-state index in [0.29, 0.717) is 25.3 Å². The second-order valence-electron chi connectivity index (χ2n) is 16.2. The van der Waals surface area contributed by atoms with Crippen LogP contribution in [-0.2, 0) is 28.7 Å². The normalized spacial score (nSPS) is 28.0. The van der Waals surface area contributed by atoms with Crippen LogP contribution in [0.2, 0.25) is 0 Å². The van der Waals surface area contributed by atoms with Crippen LogP contribution in [0.3, 0.4) is 0 Å². The zero-order chi connectivity index (χ0) is 30.8. The van der Waals surface area contributed by atoms with E-state index in [-0.39, 0.29) is 40.8 Å². The number of hydrogen-bond acceptors (Lipinski definition) is 6. The van der Waals surface area contributed by atoms with Gasteiger partial charge < -0.3 is 15.4 Å². The highest BCUT2D eigenvalue weighted by atomic mass is 16.6. The van der Waals surface area contributed by atoms with E-state index in [0.717, 1.165) is 38.5 Å². The van der Waals surface area contributed by atoms with Crippen LogP contribution >= 0.6 is 0 Å². The first kappa shape index (κ1) is 31.7. The van der Waals surface area contributed by atoms with Crippen molar-refractivity contribution < 1.29 is 28.7 Å². The van der Waals surface area contributed by atoms with Crippen LogP contribution in [0.15, 0.2) is 0 Å². The zero-order valence-electron chi connectivity index (χ0n) is 26.6. The Labute approximate surface area is 245 Å². The monoisotopic (exact) mass is 572 g/mol. The van der Waals surface area contributed by atoms with Crippen LogP contribution < -0.4 is 5.73 Å². The molecule has 4 fully saturated rings. The number of nitrogens with zero attached hydrogens (tertiary/aromatic N) is 1. The number of likely N-dealkylation sites (tertiary alicyclic amines) is 1. The molecule has 0 aromatic heterocycles. The highest BCUT2D eigenvalue weighted by Gasteiger charge is 2.85. The Hall–Kier alpha value is -2.25. The topological polar surface area (TPSA) is 124 Å². The van der Waals surface area contributed by atoms with Crippen molar-refractivity contribution in [1.82, 2.24) is 4.90 Å². The van der Waals surface area contributed by atoms with Gasteiger partial charge in [-0.3, -0.25) is 24.0 Å². The Morgan fingerprint density at radius 2 is 1.54 bits per heavy atom. The second-order valence-corrected chi connectivity index (χ2v) is 16.2. The van der Waals surface area contributed by atoms with E-state index in [1.165, 1.54) is 0 Å². The van der Waals surface area contributed by atoms with Crippen LogP contribution in [0.25, 0.3) is 0 Å². The first-order valence-corrected chi connectivity index (χ1v) is 15.6. The lowest BCUT2D eigenvalue weighted by atomic mass is 9.73. The third kappa shape index (κ3) is 5.49. The van der Waals surface area contributed by atoms with Gasteiger partial charge in [-0.05, 0) is 68.6 Å². The van der Waals surface area contributed by atoms with Gasteiger partial charge in [0.15, 0.2) is 5.78 Å². The van der Waals surface area contributed by atoms with Crippen molar-refractivity contribution in [2.45, 2.75) is 131 Å². The number of primary amides is 1. The quantitative estimate of drug-likeness (QED) is 0.290. The molecule has 2 spiro atoms. The largest absolute Gasteiger partial charge is 0.460 e. The highest BCUT2D eigenvalue weighted by Crippen LogP contribution is 2.88. The summed E-state index contributed by atoms with van der Waals surface area (Å²) < 4.78 is 5.59. The number of hydrogen-bond donors (Lipinski definition) is 1. The van der Waals surface area contributed by atoms with Gasteiger partial charge >= 0.3 is 5.97 Å². The summed E-state index contributed by atoms with van der Waals surface area (Å²) in [7, 11) is 0. The van der Waals surface area contributed by atoms with E-state index < -0.39 is 46.6 Å². The minimum absolute atomic E-state index is 0.0113. The molecule has 8 heteroatoms. The fourth-order valence-corrected chi connectivity index (χ4v) is 8.63. The summed E-state index contributed by atoms with van der Waals surface area (Å²) in [5.41, 5.74) is 4.12. The van der Waals surface area contributed by atoms with Crippen molar-refractivity contribution in [1.29, 1.82) is 0 Å². The lowest BCUT2D eigenvalue weighted by Gasteiger charge is -2.36. The van der Waals surface area contributed by atoms with Gasteiger partial charge in [0.25, 0.3) is 5.91 Å². The summed E-state index contributed by atoms with van der Waals surface area (Å²) in [6.45, 7) is 16.2. The molecule has 0 aromatic carbocycles. The number of rotatable bonds is 10. The summed E-state index contributed by atoms with van der Waals surface area (Å²) in [5, 5.41) is 0. The van der Waals surface area contributed by atoms with Gasteiger partial charge in [0, 0.05) is 24.3 Å². The molecule has 8 nitrogen and oxygen atoms in total. The van der Waals surface area contributed by atoms with E-state index in [1.807, 2.05) is 20.8 Å². The van der Waals surface area contributed by atoms with Crippen molar-refractivity contribution in [2.24, 2.45) is 45.1 Å². The zero-order valence-corrected chi connectivity index (χ0v) is 26.6. The van der Waals surface area contributed by atoms with Crippen LogP contribution in [0.4, 0.5) is 0 Å².